The minimum atomic E-state index is 0.131. The fourth-order valence-electron chi connectivity index (χ4n) is 4.49. The van der Waals surface area contributed by atoms with Gasteiger partial charge in [0.25, 0.3) is 5.91 Å². The van der Waals surface area contributed by atoms with Crippen LogP contribution in [0.1, 0.15) is 34.3 Å². The van der Waals surface area contributed by atoms with Gasteiger partial charge in [0.15, 0.2) is 0 Å². The minimum absolute atomic E-state index is 0.131. The predicted octanol–water partition coefficient (Wildman–Crippen LogP) is 3.74. The largest absolute Gasteiger partial charge is 0.496 e. The normalized spacial score (nSPS) is 22.5. The minimum Gasteiger partial charge on any atom is -0.496 e. The highest BCUT2D eigenvalue weighted by atomic mass is 16.5. The van der Waals surface area contributed by atoms with Crippen molar-refractivity contribution in [3.8, 4) is 5.75 Å². The number of benzene rings is 2. The van der Waals surface area contributed by atoms with Crippen molar-refractivity contribution in [2.24, 2.45) is 5.92 Å². The Morgan fingerprint density at radius 3 is 2.67 bits per heavy atom. The van der Waals surface area contributed by atoms with Gasteiger partial charge in [-0.25, -0.2) is 0 Å². The topological polar surface area (TPSA) is 32.8 Å². The van der Waals surface area contributed by atoms with Crippen molar-refractivity contribution >= 4 is 5.91 Å². The van der Waals surface area contributed by atoms with Gasteiger partial charge in [-0.3, -0.25) is 9.69 Å². The lowest BCUT2D eigenvalue weighted by Gasteiger charge is -2.36. The lowest BCUT2D eigenvalue weighted by atomic mass is 9.94. The van der Waals surface area contributed by atoms with Crippen molar-refractivity contribution in [3.63, 3.8) is 0 Å². The number of rotatable bonds is 4. The van der Waals surface area contributed by atoms with E-state index in [1.807, 2.05) is 25.1 Å². The van der Waals surface area contributed by atoms with Gasteiger partial charge < -0.3 is 9.64 Å². The highest BCUT2D eigenvalue weighted by Crippen LogP contribution is 2.30. The Balaban J connectivity index is 1.50. The summed E-state index contributed by atoms with van der Waals surface area (Å²) in [6.07, 6.45) is 2.40. The van der Waals surface area contributed by atoms with Crippen LogP contribution in [0.15, 0.2) is 48.5 Å². The number of fused-ring (bicyclic) bond motifs is 4. The van der Waals surface area contributed by atoms with Crippen molar-refractivity contribution in [2.75, 3.05) is 26.7 Å². The molecule has 3 heterocycles. The average Bonchev–Trinajstić information content (AvgIpc) is 3.00. The van der Waals surface area contributed by atoms with E-state index in [9.17, 15) is 4.79 Å². The molecule has 3 aliphatic heterocycles. The van der Waals surface area contributed by atoms with Crippen LogP contribution in [-0.2, 0) is 6.54 Å². The average molecular weight is 364 g/mol. The zero-order valence-electron chi connectivity index (χ0n) is 16.2. The molecule has 0 unspecified atom stereocenters. The van der Waals surface area contributed by atoms with Gasteiger partial charge in [-0.2, -0.15) is 0 Å². The van der Waals surface area contributed by atoms with Crippen molar-refractivity contribution < 1.29 is 9.53 Å². The fourth-order valence-corrected chi connectivity index (χ4v) is 4.49. The lowest BCUT2D eigenvalue weighted by Crippen LogP contribution is -2.43. The number of amides is 1. The van der Waals surface area contributed by atoms with Gasteiger partial charge in [-0.05, 0) is 48.9 Å². The summed E-state index contributed by atoms with van der Waals surface area (Å²) in [5, 5.41) is 0. The summed E-state index contributed by atoms with van der Waals surface area (Å²) in [6.45, 7) is 5.73. The van der Waals surface area contributed by atoms with Crippen LogP contribution in [0.5, 0.6) is 5.75 Å². The zero-order chi connectivity index (χ0) is 18.8. The van der Waals surface area contributed by atoms with E-state index >= 15 is 0 Å². The molecule has 27 heavy (non-hydrogen) atoms. The monoisotopic (exact) mass is 364 g/mol. The molecule has 5 rings (SSSR count). The number of ether oxygens (including phenoxy) is 1. The highest BCUT2D eigenvalue weighted by molar-refractivity contribution is 5.94. The molecule has 2 atom stereocenters. The molecular formula is C23H28N2O2. The number of hydrogen-bond acceptors (Lipinski definition) is 3. The summed E-state index contributed by atoms with van der Waals surface area (Å²) >= 11 is 0. The molecule has 3 fully saturated rings. The third kappa shape index (κ3) is 3.86. The van der Waals surface area contributed by atoms with E-state index in [0.717, 1.165) is 43.1 Å². The number of hydrogen-bond donors (Lipinski definition) is 0. The van der Waals surface area contributed by atoms with E-state index < -0.39 is 0 Å². The van der Waals surface area contributed by atoms with E-state index in [-0.39, 0.29) is 5.91 Å². The van der Waals surface area contributed by atoms with Crippen molar-refractivity contribution in [1.29, 1.82) is 0 Å². The second kappa shape index (κ2) is 7.73. The smallest absolute Gasteiger partial charge is 0.254 e. The molecule has 2 aromatic rings. The molecular weight excluding hydrogens is 336 g/mol. The Morgan fingerprint density at radius 2 is 1.89 bits per heavy atom. The molecule has 2 aromatic carbocycles. The van der Waals surface area contributed by atoms with Gasteiger partial charge in [0.05, 0.1) is 7.11 Å². The maximum Gasteiger partial charge on any atom is 0.254 e. The Hall–Kier alpha value is -2.33. The number of aryl methyl sites for hydroxylation is 1. The fraction of sp³-hybridized carbons (Fsp3) is 0.435. The Morgan fingerprint density at radius 1 is 1.07 bits per heavy atom. The first-order valence-electron chi connectivity index (χ1n) is 9.86. The standard InChI is InChI=1S/C23H28N2O2/c1-17-8-10-20(12-22(17)27-2)23(26)25-15-19-9-11-21(16-25)24(14-19)13-18-6-4-3-5-7-18/h3-8,10,12,19,21H,9,11,13-16H2,1-2H3/t19-,21-/m0/s1. The van der Waals surface area contributed by atoms with Gasteiger partial charge in [-0.1, -0.05) is 36.4 Å². The van der Waals surface area contributed by atoms with Gasteiger partial charge in [0, 0.05) is 37.8 Å². The van der Waals surface area contributed by atoms with Crippen LogP contribution in [0.2, 0.25) is 0 Å². The van der Waals surface area contributed by atoms with Crippen LogP contribution in [-0.4, -0.2) is 48.5 Å². The number of piperidine rings is 1. The van der Waals surface area contributed by atoms with Gasteiger partial charge in [0.1, 0.15) is 5.75 Å². The molecule has 0 N–H and O–H groups in total. The first-order valence-corrected chi connectivity index (χ1v) is 9.86. The summed E-state index contributed by atoms with van der Waals surface area (Å²) in [4.78, 5) is 17.8. The maximum absolute atomic E-state index is 13.2. The van der Waals surface area contributed by atoms with Crippen molar-refractivity contribution in [2.45, 2.75) is 32.4 Å². The van der Waals surface area contributed by atoms with Crippen LogP contribution in [0, 0.1) is 12.8 Å². The molecule has 4 nitrogen and oxygen atoms in total. The van der Waals surface area contributed by atoms with E-state index in [0.29, 0.717) is 12.0 Å². The molecule has 0 saturated carbocycles. The van der Waals surface area contributed by atoms with E-state index in [1.54, 1.807) is 7.11 Å². The number of carbonyl (C=O) groups excluding carboxylic acids is 1. The molecule has 0 aliphatic carbocycles. The summed E-state index contributed by atoms with van der Waals surface area (Å²) < 4.78 is 5.41. The van der Waals surface area contributed by atoms with Gasteiger partial charge in [-0.15, -0.1) is 0 Å². The molecule has 4 heteroatoms. The number of carbonyl (C=O) groups is 1. The predicted molar refractivity (Wildman–Crippen MR) is 107 cm³/mol. The zero-order valence-corrected chi connectivity index (χ0v) is 16.2. The number of methoxy groups -OCH3 is 1. The van der Waals surface area contributed by atoms with Crippen molar-refractivity contribution in [1.82, 2.24) is 9.80 Å². The maximum atomic E-state index is 13.2. The molecule has 3 saturated heterocycles. The Kier molecular flexibility index (Phi) is 5.17. The van der Waals surface area contributed by atoms with Crippen molar-refractivity contribution in [3.05, 3.63) is 65.2 Å². The molecule has 3 aliphatic rings. The SMILES string of the molecule is COc1cc(C(=O)N2C[C@H]3CC[C@@H](C2)N(Cc2ccccc2)C3)ccc1C. The summed E-state index contributed by atoms with van der Waals surface area (Å²) in [5.41, 5.74) is 3.14. The van der Waals surface area contributed by atoms with E-state index in [4.69, 9.17) is 4.74 Å². The van der Waals surface area contributed by atoms with Crippen LogP contribution < -0.4 is 4.74 Å². The summed E-state index contributed by atoms with van der Waals surface area (Å²) in [7, 11) is 1.66. The lowest BCUT2D eigenvalue weighted by molar-refractivity contribution is 0.0735. The first-order chi connectivity index (χ1) is 13.1. The van der Waals surface area contributed by atoms with Gasteiger partial charge in [0.2, 0.25) is 0 Å². The third-order valence-corrected chi connectivity index (χ3v) is 6.00. The van der Waals surface area contributed by atoms with Gasteiger partial charge >= 0.3 is 0 Å². The van der Waals surface area contributed by atoms with Crippen LogP contribution in [0.3, 0.4) is 0 Å². The van der Waals surface area contributed by atoms with Crippen LogP contribution >= 0.6 is 0 Å². The van der Waals surface area contributed by atoms with Crippen LogP contribution in [0.25, 0.3) is 0 Å². The second-order valence-corrected chi connectivity index (χ2v) is 7.91. The van der Waals surface area contributed by atoms with E-state index in [2.05, 4.69) is 40.1 Å². The first kappa shape index (κ1) is 18.1. The Bertz CT molecular complexity index is 805. The Labute approximate surface area is 161 Å². The summed E-state index contributed by atoms with van der Waals surface area (Å²) in [5.74, 6) is 1.47. The molecule has 142 valence electrons. The van der Waals surface area contributed by atoms with E-state index in [1.165, 1.54) is 18.4 Å². The second-order valence-electron chi connectivity index (χ2n) is 7.91. The quantitative estimate of drug-likeness (QED) is 0.828. The molecule has 1 amide bonds. The molecule has 2 bridgehead atoms. The molecule has 0 spiro atoms. The molecule has 0 radical (unpaired) electrons. The van der Waals surface area contributed by atoms with Crippen LogP contribution in [0.4, 0.5) is 0 Å². The molecule has 0 aromatic heterocycles. The summed E-state index contributed by atoms with van der Waals surface area (Å²) in [6, 6.07) is 16.9. The number of nitrogens with zero attached hydrogens (tertiary/aromatic N) is 2. The highest BCUT2D eigenvalue weighted by Gasteiger charge is 2.36. The third-order valence-electron chi connectivity index (χ3n) is 6.00.